The minimum atomic E-state index is -0.464. The Kier molecular flexibility index (Phi) is 4.52. The third-order valence-corrected chi connectivity index (χ3v) is 3.38. The van der Waals surface area contributed by atoms with Crippen LogP contribution in [0.1, 0.15) is 27.2 Å². The first-order chi connectivity index (χ1) is 9.33. The minimum absolute atomic E-state index is 0.102. The number of hydrogen-bond donors (Lipinski definition) is 1. The molecule has 6 heteroatoms. The molecule has 1 aliphatic rings. The summed E-state index contributed by atoms with van der Waals surface area (Å²) in [6.07, 6.45) is 0.541. The topological polar surface area (TPSA) is 54.5 Å². The Labute approximate surface area is 127 Å². The minimum Gasteiger partial charge on any atom is -0.444 e. The van der Waals surface area contributed by atoms with Gasteiger partial charge in [0.2, 0.25) is 0 Å². The molecule has 0 aliphatic carbocycles. The van der Waals surface area contributed by atoms with Crippen LogP contribution < -0.4 is 10.2 Å². The van der Waals surface area contributed by atoms with Gasteiger partial charge in [-0.05, 0) is 55.3 Å². The monoisotopic (exact) mass is 341 g/mol. The van der Waals surface area contributed by atoms with Gasteiger partial charge in [-0.25, -0.2) is 9.78 Å². The lowest BCUT2D eigenvalue weighted by Gasteiger charge is -2.22. The molecule has 1 atom stereocenters. The predicted molar refractivity (Wildman–Crippen MR) is 81.9 cm³/mol. The molecule has 20 heavy (non-hydrogen) atoms. The number of carbonyl (C=O) groups is 1. The van der Waals surface area contributed by atoms with E-state index in [1.165, 1.54) is 0 Å². The van der Waals surface area contributed by atoms with Crippen molar-refractivity contribution < 1.29 is 9.53 Å². The van der Waals surface area contributed by atoms with Crippen LogP contribution in [0.5, 0.6) is 0 Å². The lowest BCUT2D eigenvalue weighted by atomic mass is 10.2. The van der Waals surface area contributed by atoms with E-state index in [0.717, 1.165) is 29.9 Å². The number of pyridine rings is 1. The van der Waals surface area contributed by atoms with Crippen molar-refractivity contribution in [2.45, 2.75) is 38.8 Å². The number of nitrogens with zero attached hydrogens (tertiary/aromatic N) is 2. The van der Waals surface area contributed by atoms with Crippen LogP contribution in [0.4, 0.5) is 10.6 Å². The largest absolute Gasteiger partial charge is 0.444 e. The fourth-order valence-electron chi connectivity index (χ4n) is 2.13. The van der Waals surface area contributed by atoms with Gasteiger partial charge < -0.3 is 15.0 Å². The van der Waals surface area contributed by atoms with Crippen LogP contribution in [0.15, 0.2) is 22.8 Å². The van der Waals surface area contributed by atoms with Crippen molar-refractivity contribution >= 4 is 27.8 Å². The van der Waals surface area contributed by atoms with Gasteiger partial charge in [0.25, 0.3) is 0 Å². The number of amides is 1. The molecule has 110 valence electrons. The van der Waals surface area contributed by atoms with Crippen LogP contribution in [-0.2, 0) is 4.74 Å². The molecule has 1 amide bonds. The average molecular weight is 342 g/mol. The molecule has 5 nitrogen and oxygen atoms in total. The zero-order chi connectivity index (χ0) is 14.8. The van der Waals surface area contributed by atoms with Crippen molar-refractivity contribution in [1.29, 1.82) is 0 Å². The second-order valence-electron chi connectivity index (χ2n) is 5.90. The smallest absolute Gasteiger partial charge is 0.407 e. The zero-order valence-corrected chi connectivity index (χ0v) is 13.6. The molecule has 2 rings (SSSR count). The van der Waals surface area contributed by atoms with Crippen molar-refractivity contribution in [1.82, 2.24) is 10.3 Å². The number of hydrogen-bond acceptors (Lipinski definition) is 4. The highest BCUT2D eigenvalue weighted by Crippen LogP contribution is 2.20. The van der Waals surface area contributed by atoms with E-state index in [1.54, 1.807) is 0 Å². The van der Waals surface area contributed by atoms with Gasteiger partial charge in [0, 0.05) is 13.1 Å². The molecule has 1 unspecified atom stereocenters. The van der Waals surface area contributed by atoms with E-state index in [0.29, 0.717) is 0 Å². The molecule has 1 aromatic rings. The molecule has 0 radical (unpaired) electrons. The highest BCUT2D eigenvalue weighted by Gasteiger charge is 2.26. The predicted octanol–water partition coefficient (Wildman–Crippen LogP) is 2.95. The van der Waals surface area contributed by atoms with Gasteiger partial charge in [-0.1, -0.05) is 6.07 Å². The summed E-state index contributed by atoms with van der Waals surface area (Å²) < 4.78 is 6.09. The average Bonchev–Trinajstić information content (AvgIpc) is 2.74. The molecule has 1 aromatic heterocycles. The van der Waals surface area contributed by atoms with E-state index in [1.807, 2.05) is 39.0 Å². The molecule has 1 saturated heterocycles. The highest BCUT2D eigenvalue weighted by atomic mass is 79.9. The summed E-state index contributed by atoms with van der Waals surface area (Å²) in [5.74, 6) is 0.924. The van der Waals surface area contributed by atoms with E-state index >= 15 is 0 Å². The summed E-state index contributed by atoms with van der Waals surface area (Å²) in [5.41, 5.74) is -0.464. The molecule has 2 heterocycles. The van der Waals surface area contributed by atoms with Gasteiger partial charge in [-0.3, -0.25) is 0 Å². The van der Waals surface area contributed by atoms with Crippen molar-refractivity contribution in [3.63, 3.8) is 0 Å². The maximum absolute atomic E-state index is 11.7. The van der Waals surface area contributed by atoms with Crippen LogP contribution >= 0.6 is 15.9 Å². The number of halogens is 1. The van der Waals surface area contributed by atoms with E-state index in [9.17, 15) is 4.79 Å². The van der Waals surface area contributed by atoms with Gasteiger partial charge in [0.1, 0.15) is 16.0 Å². The summed E-state index contributed by atoms with van der Waals surface area (Å²) in [6.45, 7) is 7.21. The fourth-order valence-corrected chi connectivity index (χ4v) is 2.47. The molecule has 0 bridgehead atoms. The number of alkyl carbamates (subject to hydrolysis) is 1. The van der Waals surface area contributed by atoms with Crippen LogP contribution in [0.3, 0.4) is 0 Å². The molecule has 1 N–H and O–H groups in total. The molecule has 0 aromatic carbocycles. The summed E-state index contributed by atoms with van der Waals surface area (Å²) >= 11 is 3.37. The van der Waals surface area contributed by atoms with Gasteiger partial charge >= 0.3 is 6.09 Å². The summed E-state index contributed by atoms with van der Waals surface area (Å²) in [7, 11) is 0. The molecule has 1 aliphatic heterocycles. The second kappa shape index (κ2) is 5.99. The lowest BCUT2D eigenvalue weighted by Crippen LogP contribution is -2.40. The third-order valence-electron chi connectivity index (χ3n) is 2.93. The molecular formula is C14H20BrN3O2. The highest BCUT2D eigenvalue weighted by molar-refractivity contribution is 9.10. The first-order valence-electron chi connectivity index (χ1n) is 6.70. The quantitative estimate of drug-likeness (QED) is 0.840. The van der Waals surface area contributed by atoms with Gasteiger partial charge in [-0.15, -0.1) is 0 Å². The third kappa shape index (κ3) is 4.37. The first kappa shape index (κ1) is 15.1. The normalized spacial score (nSPS) is 19.0. The number of aromatic nitrogens is 1. The van der Waals surface area contributed by atoms with Crippen LogP contribution in [0.25, 0.3) is 0 Å². The summed E-state index contributed by atoms with van der Waals surface area (Å²) in [6, 6.07) is 5.93. The van der Waals surface area contributed by atoms with Crippen molar-refractivity contribution in [3.8, 4) is 0 Å². The molecule has 0 spiro atoms. The Morgan fingerprint density at radius 1 is 1.50 bits per heavy atom. The Morgan fingerprint density at radius 2 is 2.25 bits per heavy atom. The van der Waals surface area contributed by atoms with Gasteiger partial charge in [0.15, 0.2) is 0 Å². The van der Waals surface area contributed by atoms with Crippen molar-refractivity contribution in [2.24, 2.45) is 0 Å². The number of anilines is 1. The molecular weight excluding hydrogens is 322 g/mol. The van der Waals surface area contributed by atoms with E-state index in [2.05, 4.69) is 31.1 Å². The maximum atomic E-state index is 11.7. The number of ether oxygens (including phenoxy) is 1. The van der Waals surface area contributed by atoms with E-state index in [-0.39, 0.29) is 12.1 Å². The molecule has 1 fully saturated rings. The summed E-state index contributed by atoms with van der Waals surface area (Å²) in [4.78, 5) is 18.3. The first-order valence-corrected chi connectivity index (χ1v) is 7.50. The van der Waals surface area contributed by atoms with Gasteiger partial charge in [-0.2, -0.15) is 0 Å². The number of rotatable bonds is 2. The Bertz CT molecular complexity index is 488. The SMILES string of the molecule is CC(C)(C)OC(=O)NC1CCN(c2cccc(Br)n2)C1. The zero-order valence-electron chi connectivity index (χ0n) is 12.0. The van der Waals surface area contributed by atoms with Gasteiger partial charge in [0.05, 0.1) is 6.04 Å². The lowest BCUT2D eigenvalue weighted by molar-refractivity contribution is 0.0509. The Hall–Kier alpha value is -1.30. The van der Waals surface area contributed by atoms with Crippen molar-refractivity contribution in [3.05, 3.63) is 22.8 Å². The number of carbonyl (C=O) groups excluding carboxylic acids is 1. The van der Waals surface area contributed by atoms with E-state index in [4.69, 9.17) is 4.74 Å². The van der Waals surface area contributed by atoms with E-state index < -0.39 is 5.60 Å². The second-order valence-corrected chi connectivity index (χ2v) is 6.71. The van der Waals surface area contributed by atoms with Crippen LogP contribution in [0, 0.1) is 0 Å². The maximum Gasteiger partial charge on any atom is 0.407 e. The standard InChI is InChI=1S/C14H20BrN3O2/c1-14(2,3)20-13(19)16-10-7-8-18(9-10)12-6-4-5-11(15)17-12/h4-6,10H,7-9H2,1-3H3,(H,16,19). The van der Waals surface area contributed by atoms with Crippen LogP contribution in [0.2, 0.25) is 0 Å². The Morgan fingerprint density at radius 3 is 2.90 bits per heavy atom. The van der Waals surface area contributed by atoms with Crippen molar-refractivity contribution in [2.75, 3.05) is 18.0 Å². The summed E-state index contributed by atoms with van der Waals surface area (Å²) in [5, 5.41) is 2.91. The van der Waals surface area contributed by atoms with Crippen LogP contribution in [-0.4, -0.2) is 35.8 Å². The molecule has 0 saturated carbocycles. The Balaban J connectivity index is 1.88. The number of nitrogens with one attached hydrogen (secondary N) is 1. The fraction of sp³-hybridized carbons (Fsp3) is 0.571.